The summed E-state index contributed by atoms with van der Waals surface area (Å²) in [6.07, 6.45) is 4.34. The van der Waals surface area contributed by atoms with E-state index in [2.05, 4.69) is 22.2 Å². The van der Waals surface area contributed by atoms with Gasteiger partial charge < -0.3 is 15.5 Å². The fourth-order valence-corrected chi connectivity index (χ4v) is 5.16. The Hall–Kier alpha value is -3.40. The predicted octanol–water partition coefficient (Wildman–Crippen LogP) is 2.78. The molecule has 0 radical (unpaired) electrons. The van der Waals surface area contributed by atoms with E-state index in [0.29, 0.717) is 41.8 Å². The van der Waals surface area contributed by atoms with Crippen molar-refractivity contribution in [2.75, 3.05) is 0 Å². The standard InChI is InChI=1S/C28H34N4O5/c1-18-9-11-28(36,12-10-18)22(27(35)32-37)16-24(33)23(14-19-6-3-2-4-7-19)31-26(34)21-15-20-8-5-13-29-25(20)30-17-21/h2-8,13,15,17-18,22-24,33,36-37H,9-12,14,16H2,1H3,(H,31,34)(H,32,35). The molecule has 0 aliphatic heterocycles. The Morgan fingerprint density at radius 2 is 1.84 bits per heavy atom. The van der Waals surface area contributed by atoms with Crippen LogP contribution in [0.4, 0.5) is 0 Å². The molecule has 37 heavy (non-hydrogen) atoms. The van der Waals surface area contributed by atoms with Crippen LogP contribution in [0.3, 0.4) is 0 Å². The minimum Gasteiger partial charge on any atom is -0.391 e. The Labute approximate surface area is 215 Å². The fourth-order valence-electron chi connectivity index (χ4n) is 5.16. The van der Waals surface area contributed by atoms with Gasteiger partial charge in [0.2, 0.25) is 5.91 Å². The topological polar surface area (TPSA) is 145 Å². The molecule has 5 N–H and O–H groups in total. The smallest absolute Gasteiger partial charge is 0.253 e. The van der Waals surface area contributed by atoms with Crippen LogP contribution in [0.25, 0.3) is 11.0 Å². The van der Waals surface area contributed by atoms with Crippen molar-refractivity contribution >= 4 is 22.8 Å². The molecule has 9 heteroatoms. The molecule has 9 nitrogen and oxygen atoms in total. The number of benzene rings is 1. The monoisotopic (exact) mass is 506 g/mol. The van der Waals surface area contributed by atoms with Gasteiger partial charge in [0, 0.05) is 17.8 Å². The second-order valence-electron chi connectivity index (χ2n) is 10.2. The van der Waals surface area contributed by atoms with Crippen LogP contribution in [-0.4, -0.2) is 54.9 Å². The highest BCUT2D eigenvalue weighted by atomic mass is 16.5. The van der Waals surface area contributed by atoms with Gasteiger partial charge in [-0.3, -0.25) is 14.8 Å². The SMILES string of the molecule is CC1CCC(O)(C(CC(O)C(Cc2ccccc2)NC(=O)c2cnc3ncccc3c2)C(=O)NO)CC1. The number of fused-ring (bicyclic) bond motifs is 1. The zero-order valence-corrected chi connectivity index (χ0v) is 20.9. The molecule has 3 unspecified atom stereocenters. The molecule has 3 aromatic rings. The van der Waals surface area contributed by atoms with Crippen LogP contribution < -0.4 is 10.8 Å². The number of hydrogen-bond acceptors (Lipinski definition) is 7. The number of aliphatic hydroxyl groups excluding tert-OH is 1. The Morgan fingerprint density at radius 3 is 2.54 bits per heavy atom. The van der Waals surface area contributed by atoms with Crippen molar-refractivity contribution in [3.63, 3.8) is 0 Å². The van der Waals surface area contributed by atoms with Gasteiger partial charge in [-0.2, -0.15) is 0 Å². The molecule has 1 aliphatic carbocycles. The number of hydroxylamine groups is 1. The maximum atomic E-state index is 13.2. The molecule has 0 spiro atoms. The van der Waals surface area contributed by atoms with Crippen molar-refractivity contribution in [2.24, 2.45) is 11.8 Å². The van der Waals surface area contributed by atoms with E-state index in [9.17, 15) is 25.0 Å². The van der Waals surface area contributed by atoms with Crippen LogP contribution in [-0.2, 0) is 11.2 Å². The first-order chi connectivity index (χ1) is 17.8. The number of carbonyl (C=O) groups is 2. The van der Waals surface area contributed by atoms with Crippen molar-refractivity contribution in [3.05, 3.63) is 72.1 Å². The molecule has 1 aliphatic rings. The van der Waals surface area contributed by atoms with Crippen molar-refractivity contribution in [2.45, 2.75) is 63.2 Å². The highest BCUT2D eigenvalue weighted by Crippen LogP contribution is 2.39. The van der Waals surface area contributed by atoms with Gasteiger partial charge in [-0.25, -0.2) is 15.4 Å². The highest BCUT2D eigenvalue weighted by Gasteiger charge is 2.45. The van der Waals surface area contributed by atoms with E-state index in [1.807, 2.05) is 36.4 Å². The van der Waals surface area contributed by atoms with E-state index in [0.717, 1.165) is 18.4 Å². The van der Waals surface area contributed by atoms with E-state index < -0.39 is 35.5 Å². The van der Waals surface area contributed by atoms with Gasteiger partial charge >= 0.3 is 0 Å². The second kappa shape index (κ2) is 11.8. The second-order valence-corrected chi connectivity index (χ2v) is 10.2. The lowest BCUT2D eigenvalue weighted by atomic mass is 9.70. The molecule has 1 aromatic carbocycles. The van der Waals surface area contributed by atoms with E-state index in [1.54, 1.807) is 23.8 Å². The van der Waals surface area contributed by atoms with Crippen LogP contribution >= 0.6 is 0 Å². The van der Waals surface area contributed by atoms with Crippen LogP contribution in [0.5, 0.6) is 0 Å². The Balaban J connectivity index is 1.57. The first-order valence-electron chi connectivity index (χ1n) is 12.7. The lowest BCUT2D eigenvalue weighted by Crippen LogP contribution is -2.52. The summed E-state index contributed by atoms with van der Waals surface area (Å²) in [5.41, 5.74) is 2.04. The van der Waals surface area contributed by atoms with Crippen molar-refractivity contribution < 1.29 is 25.0 Å². The maximum Gasteiger partial charge on any atom is 0.253 e. The van der Waals surface area contributed by atoms with Gasteiger partial charge in [0.15, 0.2) is 5.65 Å². The van der Waals surface area contributed by atoms with E-state index in [4.69, 9.17) is 0 Å². The molecule has 4 rings (SSSR count). The lowest BCUT2D eigenvalue weighted by Gasteiger charge is -2.41. The Morgan fingerprint density at radius 1 is 1.11 bits per heavy atom. The molecular formula is C28H34N4O5. The molecule has 3 atom stereocenters. The minimum absolute atomic E-state index is 0.130. The summed E-state index contributed by atoms with van der Waals surface area (Å²) in [6, 6.07) is 13.9. The molecule has 1 saturated carbocycles. The number of aliphatic hydroxyl groups is 2. The Bertz CT molecular complexity index is 1210. The lowest BCUT2D eigenvalue weighted by molar-refractivity contribution is -0.150. The first kappa shape index (κ1) is 26.7. The van der Waals surface area contributed by atoms with Gasteiger partial charge in [-0.05, 0) is 68.2 Å². The number of carbonyl (C=O) groups excluding carboxylic acids is 2. The normalized spacial score (nSPS) is 22.1. The zero-order chi connectivity index (χ0) is 26.4. The Kier molecular flexibility index (Phi) is 8.48. The van der Waals surface area contributed by atoms with Crippen molar-refractivity contribution in [1.82, 2.24) is 20.8 Å². The summed E-state index contributed by atoms with van der Waals surface area (Å²) in [6.45, 7) is 2.10. The van der Waals surface area contributed by atoms with Crippen molar-refractivity contribution in [1.29, 1.82) is 0 Å². The molecule has 2 amide bonds. The number of amides is 2. The predicted molar refractivity (Wildman–Crippen MR) is 138 cm³/mol. The number of hydrogen-bond donors (Lipinski definition) is 5. The van der Waals surface area contributed by atoms with Gasteiger partial charge in [-0.1, -0.05) is 37.3 Å². The maximum absolute atomic E-state index is 13.2. The summed E-state index contributed by atoms with van der Waals surface area (Å²) < 4.78 is 0. The molecule has 2 aromatic heterocycles. The third kappa shape index (κ3) is 6.49. The quantitative estimate of drug-likeness (QED) is 0.222. The number of nitrogens with one attached hydrogen (secondary N) is 2. The number of pyridine rings is 2. The van der Waals surface area contributed by atoms with E-state index >= 15 is 0 Å². The largest absolute Gasteiger partial charge is 0.391 e. The van der Waals surface area contributed by atoms with E-state index in [1.165, 1.54) is 6.20 Å². The average molecular weight is 507 g/mol. The summed E-state index contributed by atoms with van der Waals surface area (Å²) in [5.74, 6) is -1.78. The molecular weight excluding hydrogens is 472 g/mol. The number of aromatic nitrogens is 2. The molecule has 1 fully saturated rings. The first-order valence-corrected chi connectivity index (χ1v) is 12.7. The number of nitrogens with zero attached hydrogens (tertiary/aromatic N) is 2. The van der Waals surface area contributed by atoms with Crippen molar-refractivity contribution in [3.8, 4) is 0 Å². The summed E-state index contributed by atoms with van der Waals surface area (Å²) in [7, 11) is 0. The number of rotatable bonds is 9. The van der Waals surface area contributed by atoms with E-state index in [-0.39, 0.29) is 6.42 Å². The molecule has 196 valence electrons. The fraction of sp³-hybridized carbons (Fsp3) is 0.429. The van der Waals surface area contributed by atoms with Gasteiger partial charge in [0.1, 0.15) is 0 Å². The minimum atomic E-state index is -1.35. The van der Waals surface area contributed by atoms with Crippen LogP contribution in [0.1, 0.15) is 54.9 Å². The average Bonchev–Trinajstić information content (AvgIpc) is 2.92. The summed E-state index contributed by atoms with van der Waals surface area (Å²) in [5, 5.41) is 35.7. The zero-order valence-electron chi connectivity index (χ0n) is 20.9. The van der Waals surface area contributed by atoms with Gasteiger partial charge in [0.25, 0.3) is 5.91 Å². The summed E-state index contributed by atoms with van der Waals surface area (Å²) in [4.78, 5) is 34.3. The van der Waals surface area contributed by atoms with Crippen LogP contribution in [0.2, 0.25) is 0 Å². The third-order valence-corrected chi connectivity index (χ3v) is 7.49. The van der Waals surface area contributed by atoms with Gasteiger partial charge in [-0.15, -0.1) is 0 Å². The molecule has 2 heterocycles. The van der Waals surface area contributed by atoms with Crippen LogP contribution in [0, 0.1) is 11.8 Å². The molecule has 0 bridgehead atoms. The van der Waals surface area contributed by atoms with Crippen LogP contribution in [0.15, 0.2) is 60.9 Å². The van der Waals surface area contributed by atoms with Gasteiger partial charge in [0.05, 0.1) is 29.2 Å². The third-order valence-electron chi connectivity index (χ3n) is 7.49. The summed E-state index contributed by atoms with van der Waals surface area (Å²) >= 11 is 0. The highest BCUT2D eigenvalue weighted by molar-refractivity contribution is 5.97. The molecule has 0 saturated heterocycles.